The van der Waals surface area contributed by atoms with E-state index in [1.54, 1.807) is 4.52 Å². The van der Waals surface area contributed by atoms with Gasteiger partial charge in [-0.15, -0.1) is 5.10 Å². The van der Waals surface area contributed by atoms with Crippen molar-refractivity contribution in [2.24, 2.45) is 0 Å². The number of benzene rings is 1. The fraction of sp³-hybridized carbons (Fsp3) is 0.400. The van der Waals surface area contributed by atoms with Gasteiger partial charge in [0.05, 0.1) is 0 Å². The number of aromatic nitrogens is 4. The summed E-state index contributed by atoms with van der Waals surface area (Å²) in [6.07, 6.45) is 0. The Morgan fingerprint density at radius 1 is 1.13 bits per heavy atom. The first-order valence-electron chi connectivity index (χ1n) is 7.48. The number of nitrogens with zero attached hydrogens (tertiary/aromatic N) is 6. The molecule has 3 aromatic rings. The highest BCUT2D eigenvalue weighted by Gasteiger charge is 2.22. The van der Waals surface area contributed by atoms with E-state index in [2.05, 4.69) is 47.8 Å². The van der Waals surface area contributed by atoms with Crippen LogP contribution >= 0.6 is 15.9 Å². The number of hydrogen-bond acceptors (Lipinski definition) is 5. The van der Waals surface area contributed by atoms with Crippen molar-refractivity contribution in [2.45, 2.75) is 6.92 Å². The van der Waals surface area contributed by atoms with Gasteiger partial charge in [0.1, 0.15) is 11.3 Å². The lowest BCUT2D eigenvalue weighted by Gasteiger charge is -2.33. The Morgan fingerprint density at radius 3 is 2.61 bits per heavy atom. The van der Waals surface area contributed by atoms with Gasteiger partial charge < -0.3 is 9.80 Å². The van der Waals surface area contributed by atoms with E-state index in [4.69, 9.17) is 0 Å². The first kappa shape index (κ1) is 14.8. The Kier molecular flexibility index (Phi) is 3.46. The Balaban J connectivity index is 1.99. The molecule has 0 spiro atoms. The molecule has 0 N–H and O–H groups in total. The Morgan fingerprint density at radius 2 is 1.87 bits per heavy atom. The molecular weight excluding hydrogens is 363 g/mol. The molecule has 1 fully saturated rings. The molecule has 6 nitrogen and oxygen atoms in total. The topological polar surface area (TPSA) is 49.6 Å². The summed E-state index contributed by atoms with van der Waals surface area (Å²) in [7, 11) is 2.09. The largest absolute Gasteiger partial charge is 0.338 e. The second-order valence-electron chi connectivity index (χ2n) is 5.88. The number of rotatable bonds is 1. The van der Waals surface area contributed by atoms with Crippen molar-refractivity contribution in [1.82, 2.24) is 24.5 Å². The summed E-state index contributed by atoms with van der Waals surface area (Å²) < 4.78 is 16.8. The van der Waals surface area contributed by atoms with Crippen LogP contribution in [0, 0.1) is 12.7 Å². The number of aryl methyl sites for hydroxylation is 1. The first-order valence-corrected chi connectivity index (χ1v) is 8.28. The lowest BCUT2D eigenvalue weighted by atomic mass is 10.2. The van der Waals surface area contributed by atoms with Crippen LogP contribution in [-0.2, 0) is 0 Å². The minimum absolute atomic E-state index is 0.335. The predicted molar refractivity (Wildman–Crippen MR) is 90.4 cm³/mol. The molecule has 0 amide bonds. The van der Waals surface area contributed by atoms with Crippen molar-refractivity contribution in [2.75, 3.05) is 38.1 Å². The molecule has 0 bridgehead atoms. The number of fused-ring (bicyclic) bond motifs is 3. The quantitative estimate of drug-likeness (QED) is 0.649. The zero-order valence-electron chi connectivity index (χ0n) is 12.9. The minimum Gasteiger partial charge on any atom is -0.338 e. The molecule has 2 aromatic heterocycles. The maximum Gasteiger partial charge on any atom is 0.229 e. The Labute approximate surface area is 141 Å². The molecule has 1 saturated heterocycles. The third-order valence-corrected chi connectivity index (χ3v) is 4.63. The summed E-state index contributed by atoms with van der Waals surface area (Å²) in [6.45, 7) is 5.39. The molecular formula is C15H16BrFN6. The van der Waals surface area contributed by atoms with Gasteiger partial charge in [-0.25, -0.2) is 14.4 Å². The molecule has 8 heteroatoms. The van der Waals surface area contributed by atoms with Gasteiger partial charge in [0.25, 0.3) is 0 Å². The monoisotopic (exact) mass is 378 g/mol. The normalized spacial score (nSPS) is 16.6. The summed E-state index contributed by atoms with van der Waals surface area (Å²) in [5.74, 6) is 0.949. The first-order chi connectivity index (χ1) is 11.0. The third-order valence-electron chi connectivity index (χ3n) is 4.17. The number of hydrogen-bond donors (Lipinski definition) is 0. The highest BCUT2D eigenvalue weighted by atomic mass is 79.9. The molecule has 1 aromatic carbocycles. The molecule has 0 saturated carbocycles. The van der Waals surface area contributed by atoms with E-state index in [0.717, 1.165) is 26.2 Å². The third kappa shape index (κ3) is 2.46. The number of halogens is 2. The molecule has 1 aliphatic heterocycles. The van der Waals surface area contributed by atoms with Crippen LogP contribution in [0.4, 0.5) is 10.3 Å². The number of likely N-dealkylation sites (N-methyl/N-ethyl adjacent to an activating group) is 1. The maximum atomic E-state index is 14.4. The second kappa shape index (κ2) is 5.38. The van der Waals surface area contributed by atoms with Gasteiger partial charge in [-0.3, -0.25) is 0 Å². The average Bonchev–Trinajstić information content (AvgIpc) is 2.89. The van der Waals surface area contributed by atoms with E-state index in [1.807, 2.05) is 13.0 Å². The lowest BCUT2D eigenvalue weighted by molar-refractivity contribution is 0.310. The van der Waals surface area contributed by atoms with Gasteiger partial charge in [0, 0.05) is 36.0 Å². The molecule has 120 valence electrons. The summed E-state index contributed by atoms with van der Waals surface area (Å²) in [4.78, 5) is 13.5. The van der Waals surface area contributed by atoms with Crippen molar-refractivity contribution >= 4 is 38.4 Å². The van der Waals surface area contributed by atoms with Crippen molar-refractivity contribution in [3.8, 4) is 0 Å². The molecule has 4 rings (SSSR count). The van der Waals surface area contributed by atoms with Crippen molar-refractivity contribution in [3.05, 3.63) is 28.2 Å². The fourth-order valence-corrected chi connectivity index (χ4v) is 3.37. The van der Waals surface area contributed by atoms with Crippen LogP contribution in [0.25, 0.3) is 16.6 Å². The van der Waals surface area contributed by atoms with Crippen LogP contribution in [0.2, 0.25) is 0 Å². The second-order valence-corrected chi connectivity index (χ2v) is 6.80. The smallest absolute Gasteiger partial charge is 0.229 e. The average molecular weight is 379 g/mol. The van der Waals surface area contributed by atoms with Gasteiger partial charge in [-0.1, -0.05) is 15.9 Å². The molecule has 3 heterocycles. The molecule has 23 heavy (non-hydrogen) atoms. The fourth-order valence-electron chi connectivity index (χ4n) is 2.94. The van der Waals surface area contributed by atoms with Gasteiger partial charge in [0.2, 0.25) is 5.95 Å². The van der Waals surface area contributed by atoms with Crippen LogP contribution in [0.5, 0.6) is 0 Å². The highest BCUT2D eigenvalue weighted by molar-refractivity contribution is 9.10. The van der Waals surface area contributed by atoms with Gasteiger partial charge in [-0.05, 0) is 26.1 Å². The zero-order valence-corrected chi connectivity index (χ0v) is 14.5. The van der Waals surface area contributed by atoms with E-state index in [0.29, 0.717) is 32.8 Å². The number of piperazine rings is 1. The van der Waals surface area contributed by atoms with E-state index < -0.39 is 0 Å². The molecule has 1 aliphatic rings. The van der Waals surface area contributed by atoms with Crippen LogP contribution in [0.1, 0.15) is 5.82 Å². The zero-order chi connectivity index (χ0) is 16.1. The van der Waals surface area contributed by atoms with E-state index >= 15 is 0 Å². The van der Waals surface area contributed by atoms with Crippen LogP contribution in [0.3, 0.4) is 0 Å². The lowest BCUT2D eigenvalue weighted by Crippen LogP contribution is -2.45. The molecule has 0 radical (unpaired) electrons. The van der Waals surface area contributed by atoms with Crippen LogP contribution in [-0.4, -0.2) is 57.7 Å². The summed E-state index contributed by atoms with van der Waals surface area (Å²) in [5, 5.41) is 5.13. The SMILES string of the molecule is Cc1nc2c3cc(Br)cc(F)c3nc(N3CCN(C)CC3)n2n1. The standard InChI is InChI=1S/C15H16BrFN6/c1-9-18-14-11-7-10(16)8-12(17)13(11)19-15(23(14)20-9)22-5-3-21(2)4-6-22/h7-8H,3-6H2,1-2H3. The Hall–Kier alpha value is -1.80. The predicted octanol–water partition coefficient (Wildman–Crippen LogP) is 2.24. The summed E-state index contributed by atoms with van der Waals surface area (Å²) in [6, 6.07) is 3.27. The molecule has 0 unspecified atom stereocenters. The van der Waals surface area contributed by atoms with Crippen molar-refractivity contribution in [3.63, 3.8) is 0 Å². The van der Waals surface area contributed by atoms with E-state index in [9.17, 15) is 4.39 Å². The van der Waals surface area contributed by atoms with E-state index in [-0.39, 0.29) is 5.82 Å². The van der Waals surface area contributed by atoms with Gasteiger partial charge in [-0.2, -0.15) is 4.52 Å². The van der Waals surface area contributed by atoms with Crippen LogP contribution in [0.15, 0.2) is 16.6 Å². The molecule has 0 aliphatic carbocycles. The van der Waals surface area contributed by atoms with Gasteiger partial charge >= 0.3 is 0 Å². The maximum absolute atomic E-state index is 14.4. The minimum atomic E-state index is -0.354. The summed E-state index contributed by atoms with van der Waals surface area (Å²) >= 11 is 3.34. The molecule has 0 atom stereocenters. The van der Waals surface area contributed by atoms with Crippen molar-refractivity contribution < 1.29 is 4.39 Å². The highest BCUT2D eigenvalue weighted by Crippen LogP contribution is 2.28. The Bertz CT molecular complexity index is 900. The summed E-state index contributed by atoms with van der Waals surface area (Å²) in [5.41, 5.74) is 0.976. The van der Waals surface area contributed by atoms with Crippen molar-refractivity contribution in [1.29, 1.82) is 0 Å². The van der Waals surface area contributed by atoms with Gasteiger partial charge in [0.15, 0.2) is 11.5 Å². The van der Waals surface area contributed by atoms with E-state index in [1.165, 1.54) is 6.07 Å². The number of anilines is 1. The van der Waals surface area contributed by atoms with Crippen LogP contribution < -0.4 is 4.90 Å².